The van der Waals surface area contributed by atoms with Crippen LogP contribution in [0.3, 0.4) is 0 Å². The summed E-state index contributed by atoms with van der Waals surface area (Å²) in [4.78, 5) is 16.1. The molecule has 0 unspecified atom stereocenters. The highest BCUT2D eigenvalue weighted by Gasteiger charge is 2.24. The average Bonchev–Trinajstić information content (AvgIpc) is 2.56. The van der Waals surface area contributed by atoms with E-state index in [1.54, 1.807) is 0 Å². The van der Waals surface area contributed by atoms with Gasteiger partial charge in [0.25, 0.3) is 5.04 Å². The highest BCUT2D eigenvalue weighted by Crippen LogP contribution is 2.17. The highest BCUT2D eigenvalue weighted by atomic mass is 35.5. The number of benzene rings is 2. The van der Waals surface area contributed by atoms with Crippen molar-refractivity contribution in [3.63, 3.8) is 0 Å². The van der Waals surface area contributed by atoms with E-state index in [9.17, 15) is 13.2 Å². The van der Waals surface area contributed by atoms with E-state index in [1.165, 1.54) is 54.6 Å². The number of carbonyl (C=O) groups is 1. The summed E-state index contributed by atoms with van der Waals surface area (Å²) in [6, 6.07) is 12.2. The Balaban J connectivity index is 2.25. The topological polar surface area (TPSA) is 96.6 Å². The minimum absolute atomic E-state index is 0.101. The van der Waals surface area contributed by atoms with Crippen LogP contribution in [-0.2, 0) is 14.7 Å². The van der Waals surface area contributed by atoms with Gasteiger partial charge < -0.3 is 4.84 Å². The predicted molar refractivity (Wildman–Crippen MR) is 88.6 cm³/mol. The van der Waals surface area contributed by atoms with Gasteiger partial charge in [0.05, 0.1) is 10.5 Å². The standard InChI is InChI=1S/C15H8Cl2N2O4S/c16-11-3-1-10(2-4-11)15(20)23-19-14(9-18)24(21,22)13-7-5-12(17)6-8-13/h1-8H/b19-14-. The Morgan fingerprint density at radius 3 is 2.00 bits per heavy atom. The van der Waals surface area contributed by atoms with Crippen molar-refractivity contribution in [1.82, 2.24) is 0 Å². The first-order valence-electron chi connectivity index (χ1n) is 6.30. The zero-order valence-electron chi connectivity index (χ0n) is 11.8. The lowest BCUT2D eigenvalue weighted by molar-refractivity contribution is 0.0518. The molecule has 0 bridgehead atoms. The van der Waals surface area contributed by atoms with E-state index in [4.69, 9.17) is 28.5 Å². The van der Waals surface area contributed by atoms with Crippen LogP contribution in [0.4, 0.5) is 0 Å². The van der Waals surface area contributed by atoms with Crippen LogP contribution < -0.4 is 0 Å². The van der Waals surface area contributed by atoms with Crippen LogP contribution in [0.2, 0.25) is 10.0 Å². The van der Waals surface area contributed by atoms with Crippen LogP contribution >= 0.6 is 23.2 Å². The minimum Gasteiger partial charge on any atom is -0.311 e. The molecule has 0 heterocycles. The Hall–Kier alpha value is -2.40. The van der Waals surface area contributed by atoms with Gasteiger partial charge in [-0.3, -0.25) is 0 Å². The third kappa shape index (κ3) is 4.11. The number of nitriles is 1. The molecule has 0 fully saturated rings. The summed E-state index contributed by atoms with van der Waals surface area (Å²) >= 11 is 11.4. The summed E-state index contributed by atoms with van der Waals surface area (Å²) < 4.78 is 24.5. The summed E-state index contributed by atoms with van der Waals surface area (Å²) in [6.07, 6.45) is 0. The van der Waals surface area contributed by atoms with Gasteiger partial charge in [0.15, 0.2) is 0 Å². The Kier molecular flexibility index (Phi) is 5.57. The first-order valence-corrected chi connectivity index (χ1v) is 8.54. The molecule has 6 nitrogen and oxygen atoms in total. The van der Waals surface area contributed by atoms with Gasteiger partial charge >= 0.3 is 5.97 Å². The number of halogens is 2. The molecule has 0 aromatic heterocycles. The fraction of sp³-hybridized carbons (Fsp3) is 0. The van der Waals surface area contributed by atoms with Crippen LogP contribution in [0.5, 0.6) is 0 Å². The highest BCUT2D eigenvalue weighted by molar-refractivity contribution is 8.07. The predicted octanol–water partition coefficient (Wildman–Crippen LogP) is 3.46. The molecule has 9 heteroatoms. The van der Waals surface area contributed by atoms with Crippen molar-refractivity contribution in [3.8, 4) is 6.07 Å². The van der Waals surface area contributed by atoms with Crippen LogP contribution in [0, 0.1) is 11.3 Å². The lowest BCUT2D eigenvalue weighted by atomic mass is 10.2. The molecular formula is C15H8Cl2N2O4S. The van der Waals surface area contributed by atoms with Gasteiger partial charge in [-0.25, -0.2) is 13.2 Å². The normalized spacial score (nSPS) is 11.6. The van der Waals surface area contributed by atoms with E-state index in [0.717, 1.165) is 0 Å². The number of hydrogen-bond acceptors (Lipinski definition) is 6. The zero-order chi connectivity index (χ0) is 17.7. The third-order valence-corrected chi connectivity index (χ3v) is 4.84. The first kappa shape index (κ1) is 17.9. The largest absolute Gasteiger partial charge is 0.365 e. The van der Waals surface area contributed by atoms with Gasteiger partial charge in [0, 0.05) is 10.0 Å². The number of nitrogens with zero attached hydrogens (tertiary/aromatic N) is 2. The van der Waals surface area contributed by atoms with Gasteiger partial charge in [0.1, 0.15) is 6.07 Å². The SMILES string of the molecule is N#C/C(=N/OC(=O)c1ccc(Cl)cc1)S(=O)(=O)c1ccc(Cl)cc1. The van der Waals surface area contributed by atoms with E-state index >= 15 is 0 Å². The molecule has 24 heavy (non-hydrogen) atoms. The molecule has 0 aliphatic carbocycles. The van der Waals surface area contributed by atoms with Crippen molar-refractivity contribution in [2.24, 2.45) is 5.16 Å². The second-order valence-corrected chi connectivity index (χ2v) is 7.09. The summed E-state index contributed by atoms with van der Waals surface area (Å²) in [6.45, 7) is 0. The number of rotatable bonds is 3. The number of hydrogen-bond donors (Lipinski definition) is 0. The number of oxime groups is 1. The molecule has 0 amide bonds. The summed E-state index contributed by atoms with van der Waals surface area (Å²) in [5.74, 6) is -0.925. The van der Waals surface area contributed by atoms with Gasteiger partial charge in [-0.15, -0.1) is 0 Å². The summed E-state index contributed by atoms with van der Waals surface area (Å²) in [5.41, 5.74) is 0.101. The molecule has 0 aliphatic rings. The molecule has 2 aromatic rings. The Morgan fingerprint density at radius 2 is 1.50 bits per heavy atom. The second kappa shape index (κ2) is 7.45. The van der Waals surface area contributed by atoms with E-state index < -0.39 is 20.9 Å². The zero-order valence-corrected chi connectivity index (χ0v) is 14.1. The van der Waals surface area contributed by atoms with Gasteiger partial charge in [0.2, 0.25) is 9.84 Å². The van der Waals surface area contributed by atoms with Crippen LogP contribution in [0.1, 0.15) is 10.4 Å². The lowest BCUT2D eigenvalue weighted by Gasteiger charge is -2.02. The summed E-state index contributed by atoms with van der Waals surface area (Å²) in [5, 5.41) is 12.0. The fourth-order valence-corrected chi connectivity index (χ4v) is 2.80. The average molecular weight is 383 g/mol. The minimum atomic E-state index is -4.22. The van der Waals surface area contributed by atoms with Gasteiger partial charge in [-0.05, 0) is 48.5 Å². The molecule has 2 aromatic carbocycles. The Labute approximate surface area is 147 Å². The smallest absolute Gasteiger partial charge is 0.311 e. The number of sulfone groups is 1. The third-order valence-electron chi connectivity index (χ3n) is 2.77. The van der Waals surface area contributed by atoms with Crippen molar-refractivity contribution in [2.75, 3.05) is 0 Å². The molecule has 0 atom stereocenters. The number of carbonyl (C=O) groups excluding carboxylic acids is 1. The van der Waals surface area contributed by atoms with Crippen molar-refractivity contribution < 1.29 is 18.0 Å². The maximum absolute atomic E-state index is 12.3. The maximum atomic E-state index is 12.3. The van der Waals surface area contributed by atoms with E-state index in [0.29, 0.717) is 10.0 Å². The van der Waals surface area contributed by atoms with Crippen LogP contribution in [0.15, 0.2) is 58.6 Å². The second-order valence-electron chi connectivity index (χ2n) is 4.35. The van der Waals surface area contributed by atoms with Crippen LogP contribution in [-0.4, -0.2) is 19.4 Å². The Bertz CT molecular complexity index is 931. The van der Waals surface area contributed by atoms with Gasteiger partial charge in [-0.1, -0.05) is 28.4 Å². The summed E-state index contributed by atoms with van der Waals surface area (Å²) in [7, 11) is -4.22. The lowest BCUT2D eigenvalue weighted by Crippen LogP contribution is -2.15. The van der Waals surface area contributed by atoms with E-state index in [2.05, 4.69) is 9.99 Å². The molecule has 0 saturated heterocycles. The van der Waals surface area contributed by atoms with E-state index in [1.807, 2.05) is 0 Å². The molecular weight excluding hydrogens is 375 g/mol. The molecule has 2 rings (SSSR count). The maximum Gasteiger partial charge on any atom is 0.365 e. The van der Waals surface area contributed by atoms with Crippen molar-refractivity contribution in [3.05, 3.63) is 64.1 Å². The fourth-order valence-electron chi connectivity index (χ4n) is 1.58. The van der Waals surface area contributed by atoms with E-state index in [-0.39, 0.29) is 10.5 Å². The first-order chi connectivity index (χ1) is 11.3. The van der Waals surface area contributed by atoms with Crippen LogP contribution in [0.25, 0.3) is 0 Å². The molecule has 0 radical (unpaired) electrons. The Morgan fingerprint density at radius 1 is 1.00 bits per heavy atom. The van der Waals surface area contributed by atoms with Gasteiger partial charge in [-0.2, -0.15) is 5.26 Å². The molecule has 0 spiro atoms. The molecule has 0 N–H and O–H groups in total. The molecule has 0 aliphatic heterocycles. The van der Waals surface area contributed by atoms with Crippen molar-refractivity contribution in [2.45, 2.75) is 4.90 Å². The quantitative estimate of drug-likeness (QED) is 0.350. The van der Waals surface area contributed by atoms with Crippen molar-refractivity contribution >= 4 is 44.1 Å². The monoisotopic (exact) mass is 382 g/mol. The van der Waals surface area contributed by atoms with Crippen molar-refractivity contribution in [1.29, 1.82) is 5.26 Å². The molecule has 0 saturated carbocycles. The molecule has 122 valence electrons.